The fraction of sp³-hybridized carbons (Fsp3) is 0.455. The number of amides is 1. The van der Waals surface area contributed by atoms with E-state index >= 15 is 0 Å². The molecule has 2 rings (SSSR count). The second-order valence-corrected chi connectivity index (χ2v) is 4.98. The Balaban J connectivity index is 2.53. The number of hydrogen-bond acceptors (Lipinski definition) is 3. The molecule has 4 nitrogen and oxygen atoms in total. The van der Waals surface area contributed by atoms with Gasteiger partial charge in [-0.25, -0.2) is 4.98 Å². The zero-order valence-corrected chi connectivity index (χ0v) is 11.1. The minimum Gasteiger partial charge on any atom is -0.341 e. The van der Waals surface area contributed by atoms with E-state index in [1.165, 1.54) is 0 Å². The Labute approximate surface area is 103 Å². The topological polar surface area (TPSA) is 45.2 Å². The highest BCUT2D eigenvalue weighted by molar-refractivity contribution is 9.10. The van der Waals surface area contributed by atoms with Gasteiger partial charge in [-0.05, 0) is 48.8 Å². The number of carbonyl (C=O) groups excluding carboxylic acids is 1. The van der Waals surface area contributed by atoms with Gasteiger partial charge in [-0.2, -0.15) is 0 Å². The fourth-order valence-electron chi connectivity index (χ4n) is 1.96. The maximum absolute atomic E-state index is 11.8. The molecular weight excluding hydrogens is 270 g/mol. The van der Waals surface area contributed by atoms with Gasteiger partial charge in [-0.1, -0.05) is 0 Å². The molecule has 5 heteroatoms. The predicted octanol–water partition coefficient (Wildman–Crippen LogP) is 2.40. The van der Waals surface area contributed by atoms with Crippen LogP contribution in [0.5, 0.6) is 0 Å². The summed E-state index contributed by atoms with van der Waals surface area (Å²) in [5.41, 5.74) is 0.778. The molecule has 0 saturated heterocycles. The molecule has 0 radical (unpaired) electrons. The molecule has 1 amide bonds. The quantitative estimate of drug-likeness (QED) is 0.805. The predicted molar refractivity (Wildman–Crippen MR) is 67.6 cm³/mol. The van der Waals surface area contributed by atoms with Crippen molar-refractivity contribution in [1.82, 2.24) is 4.98 Å². The molecule has 1 aromatic heterocycles. The van der Waals surface area contributed by atoms with Crippen molar-refractivity contribution >= 4 is 33.3 Å². The maximum Gasteiger partial charge on any atom is 0.246 e. The Morgan fingerprint density at radius 2 is 2.19 bits per heavy atom. The number of pyridine rings is 1. The summed E-state index contributed by atoms with van der Waals surface area (Å²) in [6.45, 7) is 6.00. The molecule has 1 aliphatic rings. The van der Waals surface area contributed by atoms with Gasteiger partial charge in [0.1, 0.15) is 10.6 Å². The van der Waals surface area contributed by atoms with E-state index in [9.17, 15) is 4.79 Å². The number of hydrogen-bond donors (Lipinski definition) is 1. The first-order chi connectivity index (χ1) is 7.50. The van der Waals surface area contributed by atoms with Crippen LogP contribution in [-0.2, 0) is 4.79 Å². The lowest BCUT2D eigenvalue weighted by Crippen LogP contribution is -2.50. The van der Waals surface area contributed by atoms with Crippen LogP contribution in [0.3, 0.4) is 0 Å². The number of nitrogens with zero attached hydrogens (tertiary/aromatic N) is 2. The van der Waals surface area contributed by atoms with Gasteiger partial charge in [-0.3, -0.25) is 4.79 Å². The molecule has 0 aromatic carbocycles. The monoisotopic (exact) mass is 283 g/mol. The van der Waals surface area contributed by atoms with E-state index in [0.717, 1.165) is 16.1 Å². The second-order valence-electron chi connectivity index (χ2n) is 4.17. The molecule has 0 spiro atoms. The van der Waals surface area contributed by atoms with Crippen LogP contribution in [0.25, 0.3) is 0 Å². The fourth-order valence-corrected chi connectivity index (χ4v) is 2.26. The smallest absolute Gasteiger partial charge is 0.246 e. The lowest BCUT2D eigenvalue weighted by atomic mass is 10.1. The average molecular weight is 284 g/mol. The molecule has 0 aliphatic carbocycles. The number of anilines is 2. The summed E-state index contributed by atoms with van der Waals surface area (Å²) in [7, 11) is 0. The van der Waals surface area contributed by atoms with Crippen LogP contribution in [0.1, 0.15) is 20.8 Å². The molecule has 16 heavy (non-hydrogen) atoms. The largest absolute Gasteiger partial charge is 0.341 e. The number of rotatable bonds is 1. The van der Waals surface area contributed by atoms with Crippen molar-refractivity contribution in [3.63, 3.8) is 0 Å². The Morgan fingerprint density at radius 1 is 1.50 bits per heavy atom. The average Bonchev–Trinajstić information content (AvgIpc) is 2.20. The Morgan fingerprint density at radius 3 is 2.81 bits per heavy atom. The lowest BCUT2D eigenvalue weighted by molar-refractivity contribution is -0.117. The van der Waals surface area contributed by atoms with Gasteiger partial charge < -0.3 is 10.2 Å². The molecule has 1 aromatic rings. The molecular formula is C11H14BrN3O. The molecule has 86 valence electrons. The molecule has 1 atom stereocenters. The summed E-state index contributed by atoms with van der Waals surface area (Å²) in [5.74, 6) is 0.849. The number of carbonyl (C=O) groups is 1. The molecule has 1 aliphatic heterocycles. The molecule has 0 fully saturated rings. The lowest BCUT2D eigenvalue weighted by Gasteiger charge is -2.38. The summed E-state index contributed by atoms with van der Waals surface area (Å²) in [6.07, 6.45) is 0. The highest BCUT2D eigenvalue weighted by atomic mass is 79.9. The zero-order chi connectivity index (χ0) is 11.9. The Kier molecular flexibility index (Phi) is 2.88. The normalized spacial score (nSPS) is 19.7. The van der Waals surface area contributed by atoms with E-state index in [0.29, 0.717) is 0 Å². The first kappa shape index (κ1) is 11.4. The molecule has 1 N–H and O–H groups in total. The van der Waals surface area contributed by atoms with Gasteiger partial charge in [0, 0.05) is 6.04 Å². The molecule has 2 heterocycles. The van der Waals surface area contributed by atoms with Gasteiger partial charge in [0.15, 0.2) is 5.82 Å². The Hall–Kier alpha value is -1.10. The van der Waals surface area contributed by atoms with Crippen molar-refractivity contribution in [2.75, 3.05) is 10.2 Å². The van der Waals surface area contributed by atoms with Crippen molar-refractivity contribution in [2.24, 2.45) is 0 Å². The zero-order valence-electron chi connectivity index (χ0n) is 9.49. The highest BCUT2D eigenvalue weighted by Crippen LogP contribution is 2.32. The van der Waals surface area contributed by atoms with Gasteiger partial charge in [0.2, 0.25) is 5.91 Å². The molecule has 0 unspecified atom stereocenters. The Bertz CT molecular complexity index is 433. The van der Waals surface area contributed by atoms with Gasteiger partial charge in [0.05, 0.1) is 5.69 Å². The van der Waals surface area contributed by atoms with Gasteiger partial charge in [-0.15, -0.1) is 0 Å². The van der Waals surface area contributed by atoms with Crippen LogP contribution < -0.4 is 10.2 Å². The van der Waals surface area contributed by atoms with Crippen LogP contribution in [0.15, 0.2) is 16.7 Å². The first-order valence-electron chi connectivity index (χ1n) is 5.26. The molecule has 0 bridgehead atoms. The van der Waals surface area contributed by atoms with Crippen LogP contribution in [0, 0.1) is 0 Å². The second kappa shape index (κ2) is 4.05. The van der Waals surface area contributed by atoms with E-state index in [1.807, 2.05) is 24.0 Å². The third-order valence-corrected chi connectivity index (χ3v) is 3.14. The number of fused-ring (bicyclic) bond motifs is 1. The van der Waals surface area contributed by atoms with Crippen molar-refractivity contribution < 1.29 is 4.79 Å². The van der Waals surface area contributed by atoms with E-state index in [2.05, 4.69) is 40.1 Å². The molecule has 0 saturated carbocycles. The summed E-state index contributed by atoms with van der Waals surface area (Å²) in [6, 6.07) is 3.75. The maximum atomic E-state index is 11.8. The van der Waals surface area contributed by atoms with E-state index in [1.54, 1.807) is 0 Å². The minimum absolute atomic E-state index is 0.0188. The van der Waals surface area contributed by atoms with Crippen molar-refractivity contribution in [1.29, 1.82) is 0 Å². The van der Waals surface area contributed by atoms with E-state index < -0.39 is 0 Å². The number of halogens is 1. The van der Waals surface area contributed by atoms with Crippen LogP contribution in [0.4, 0.5) is 11.5 Å². The van der Waals surface area contributed by atoms with E-state index in [4.69, 9.17) is 0 Å². The minimum atomic E-state index is -0.186. The summed E-state index contributed by atoms with van der Waals surface area (Å²) < 4.78 is 0.778. The summed E-state index contributed by atoms with van der Waals surface area (Å²) >= 11 is 3.35. The highest BCUT2D eigenvalue weighted by Gasteiger charge is 2.32. The summed E-state index contributed by atoms with van der Waals surface area (Å²) in [5, 5.41) is 2.86. The van der Waals surface area contributed by atoms with Crippen LogP contribution in [0.2, 0.25) is 0 Å². The first-order valence-corrected chi connectivity index (χ1v) is 6.05. The van der Waals surface area contributed by atoms with Crippen molar-refractivity contribution in [3.05, 3.63) is 16.7 Å². The number of nitrogens with one attached hydrogen (secondary N) is 1. The summed E-state index contributed by atoms with van der Waals surface area (Å²) in [4.78, 5) is 18.2. The van der Waals surface area contributed by atoms with E-state index in [-0.39, 0.29) is 18.0 Å². The third-order valence-electron chi connectivity index (χ3n) is 2.70. The van der Waals surface area contributed by atoms with Crippen molar-refractivity contribution in [2.45, 2.75) is 32.9 Å². The van der Waals surface area contributed by atoms with Gasteiger partial charge in [0.25, 0.3) is 0 Å². The number of aromatic nitrogens is 1. The van der Waals surface area contributed by atoms with Crippen molar-refractivity contribution in [3.8, 4) is 0 Å². The standard InChI is InChI=1S/C11H14BrN3O/c1-6(2)15-7(3)11(16)13-8-4-5-9(12)14-10(8)15/h4-7H,1-3H3,(H,13,16)/t7-/m1/s1. The van der Waals surface area contributed by atoms with Gasteiger partial charge >= 0.3 is 0 Å². The van der Waals surface area contributed by atoms with Crippen LogP contribution in [-0.4, -0.2) is 23.0 Å². The van der Waals surface area contributed by atoms with Crippen LogP contribution >= 0.6 is 15.9 Å². The third kappa shape index (κ3) is 1.80. The SMILES string of the molecule is CC(C)N1c2nc(Br)ccc2NC(=O)[C@H]1C.